The number of hydrogen-bond donors (Lipinski definition) is 2. The van der Waals surface area contributed by atoms with Gasteiger partial charge in [0.1, 0.15) is 17.2 Å². The van der Waals surface area contributed by atoms with E-state index in [0.29, 0.717) is 5.92 Å². The zero-order valence-electron chi connectivity index (χ0n) is 12.6. The molecule has 0 amide bonds. The van der Waals surface area contributed by atoms with Gasteiger partial charge in [-0.2, -0.15) is 0 Å². The summed E-state index contributed by atoms with van der Waals surface area (Å²) in [5, 5.41) is 18.9. The number of rotatable bonds is 6. The zero-order valence-corrected chi connectivity index (χ0v) is 12.6. The van der Waals surface area contributed by atoms with Gasteiger partial charge in [-0.1, -0.05) is 18.2 Å². The number of phenols is 2. The third-order valence-corrected chi connectivity index (χ3v) is 3.74. The van der Waals surface area contributed by atoms with Crippen LogP contribution in [0, 0.1) is 5.92 Å². The van der Waals surface area contributed by atoms with Crippen molar-refractivity contribution in [2.24, 2.45) is 5.92 Å². The number of benzene rings is 2. The van der Waals surface area contributed by atoms with Crippen molar-refractivity contribution in [3.63, 3.8) is 0 Å². The van der Waals surface area contributed by atoms with Crippen molar-refractivity contribution in [1.29, 1.82) is 0 Å². The number of ether oxygens (including phenoxy) is 1. The Hall–Kier alpha value is -2.75. The predicted molar refractivity (Wildman–Crippen MR) is 87.8 cm³/mol. The van der Waals surface area contributed by atoms with Gasteiger partial charge in [-0.05, 0) is 54.7 Å². The normalized spacial score (nSPS) is 14.1. The minimum absolute atomic E-state index is 0.0789. The molecule has 1 fully saturated rings. The largest absolute Gasteiger partial charge is 0.508 e. The molecule has 0 unspecified atom stereocenters. The van der Waals surface area contributed by atoms with Crippen LogP contribution in [0.15, 0.2) is 48.5 Å². The molecular formula is C19H18O4. The van der Waals surface area contributed by atoms with Crippen molar-refractivity contribution in [3.05, 3.63) is 59.7 Å². The summed E-state index contributed by atoms with van der Waals surface area (Å²) in [6, 6.07) is 11.4. The first-order valence-electron chi connectivity index (χ1n) is 7.59. The van der Waals surface area contributed by atoms with Crippen molar-refractivity contribution >= 4 is 11.9 Å². The Morgan fingerprint density at radius 3 is 2.52 bits per heavy atom. The lowest BCUT2D eigenvalue weighted by molar-refractivity contribution is 0.104. The van der Waals surface area contributed by atoms with Gasteiger partial charge in [-0.3, -0.25) is 4.79 Å². The Morgan fingerprint density at radius 2 is 1.87 bits per heavy atom. The third-order valence-electron chi connectivity index (χ3n) is 3.74. The first kappa shape index (κ1) is 15.2. The summed E-state index contributed by atoms with van der Waals surface area (Å²) in [5.74, 6) is 0.909. The lowest BCUT2D eigenvalue weighted by atomic mass is 10.1. The number of aromatic hydroxyl groups is 2. The second-order valence-corrected chi connectivity index (χ2v) is 5.72. The van der Waals surface area contributed by atoms with E-state index in [4.69, 9.17) is 4.74 Å². The topological polar surface area (TPSA) is 66.8 Å². The van der Waals surface area contributed by atoms with E-state index >= 15 is 0 Å². The van der Waals surface area contributed by atoms with E-state index in [1.54, 1.807) is 6.08 Å². The highest BCUT2D eigenvalue weighted by Crippen LogP contribution is 2.29. The van der Waals surface area contributed by atoms with Crippen LogP contribution >= 0.6 is 0 Å². The maximum absolute atomic E-state index is 12.0. The molecule has 0 heterocycles. The maximum atomic E-state index is 12.0. The highest BCUT2D eigenvalue weighted by Gasteiger charge is 2.21. The quantitative estimate of drug-likeness (QED) is 0.629. The average molecular weight is 310 g/mol. The molecular weight excluding hydrogens is 292 g/mol. The number of allylic oxidation sites excluding steroid dienone is 1. The second kappa shape index (κ2) is 6.57. The number of carbonyl (C=O) groups excluding carboxylic acids is 1. The highest BCUT2D eigenvalue weighted by molar-refractivity contribution is 6.08. The van der Waals surface area contributed by atoms with Crippen LogP contribution in [0.5, 0.6) is 17.2 Å². The predicted octanol–water partition coefficient (Wildman–Crippen LogP) is 3.78. The van der Waals surface area contributed by atoms with Crippen molar-refractivity contribution in [2.75, 3.05) is 6.61 Å². The minimum atomic E-state index is -0.323. The first-order chi connectivity index (χ1) is 11.1. The van der Waals surface area contributed by atoms with Crippen molar-refractivity contribution in [3.8, 4) is 17.2 Å². The van der Waals surface area contributed by atoms with Gasteiger partial charge in [0, 0.05) is 6.07 Å². The molecule has 0 atom stereocenters. The first-order valence-corrected chi connectivity index (χ1v) is 7.59. The van der Waals surface area contributed by atoms with Crippen molar-refractivity contribution in [2.45, 2.75) is 12.8 Å². The van der Waals surface area contributed by atoms with Crippen LogP contribution in [-0.4, -0.2) is 22.6 Å². The number of ketones is 1. The third kappa shape index (κ3) is 4.13. The Morgan fingerprint density at radius 1 is 1.13 bits per heavy atom. The molecule has 0 saturated heterocycles. The zero-order chi connectivity index (χ0) is 16.2. The van der Waals surface area contributed by atoms with E-state index < -0.39 is 0 Å². The summed E-state index contributed by atoms with van der Waals surface area (Å²) >= 11 is 0. The number of hydrogen-bond acceptors (Lipinski definition) is 4. The summed E-state index contributed by atoms with van der Waals surface area (Å²) < 4.78 is 5.66. The van der Waals surface area contributed by atoms with Gasteiger partial charge in [0.25, 0.3) is 0 Å². The minimum Gasteiger partial charge on any atom is -0.508 e. The highest BCUT2D eigenvalue weighted by atomic mass is 16.5. The fourth-order valence-electron chi connectivity index (χ4n) is 2.16. The summed E-state index contributed by atoms with van der Waals surface area (Å²) in [7, 11) is 0. The number of phenolic OH excluding ortho intramolecular Hbond substituents is 2. The Bertz CT molecular complexity index is 728. The van der Waals surface area contributed by atoms with Crippen molar-refractivity contribution in [1.82, 2.24) is 0 Å². The van der Waals surface area contributed by atoms with Crippen LogP contribution in [0.4, 0.5) is 0 Å². The fraction of sp³-hybridized carbons (Fsp3) is 0.211. The molecule has 0 aromatic heterocycles. The van der Waals surface area contributed by atoms with Crippen LogP contribution in [0.2, 0.25) is 0 Å². The Kier molecular flexibility index (Phi) is 4.33. The van der Waals surface area contributed by atoms with Crippen molar-refractivity contribution < 1.29 is 19.7 Å². The van der Waals surface area contributed by atoms with Crippen LogP contribution in [-0.2, 0) is 0 Å². The summed E-state index contributed by atoms with van der Waals surface area (Å²) in [4.78, 5) is 12.0. The molecule has 1 saturated carbocycles. The second-order valence-electron chi connectivity index (χ2n) is 5.72. The van der Waals surface area contributed by atoms with Gasteiger partial charge in [-0.15, -0.1) is 0 Å². The molecule has 1 aliphatic carbocycles. The molecule has 4 nitrogen and oxygen atoms in total. The molecule has 2 N–H and O–H groups in total. The summed E-state index contributed by atoms with van der Waals surface area (Å²) in [6.07, 6.45) is 5.59. The van der Waals surface area contributed by atoms with Gasteiger partial charge < -0.3 is 14.9 Å². The molecule has 1 aliphatic rings. The Labute approximate surface area is 134 Å². The van der Waals surface area contributed by atoms with Gasteiger partial charge in [0.15, 0.2) is 5.78 Å². The van der Waals surface area contributed by atoms with Gasteiger partial charge in [0.05, 0.1) is 12.2 Å². The van der Waals surface area contributed by atoms with E-state index in [1.807, 2.05) is 24.3 Å². The smallest absolute Gasteiger partial charge is 0.189 e. The molecule has 3 rings (SSSR count). The summed E-state index contributed by atoms with van der Waals surface area (Å²) in [6.45, 7) is 0.772. The molecule has 2 aromatic carbocycles. The maximum Gasteiger partial charge on any atom is 0.189 e. The molecule has 0 bridgehead atoms. The number of carbonyl (C=O) groups is 1. The fourth-order valence-corrected chi connectivity index (χ4v) is 2.16. The van der Waals surface area contributed by atoms with E-state index in [-0.39, 0.29) is 22.8 Å². The molecule has 0 aliphatic heterocycles. The molecule has 0 spiro atoms. The van der Waals surface area contributed by atoms with Gasteiger partial charge in [0.2, 0.25) is 0 Å². The SMILES string of the molecule is O=C(/C=C/c1ccc(OCC2CC2)cc1)c1ccc(O)cc1O. The van der Waals surface area contributed by atoms with E-state index in [2.05, 4.69) is 0 Å². The summed E-state index contributed by atoms with van der Waals surface area (Å²) in [5.41, 5.74) is 1.03. The molecule has 4 heteroatoms. The standard InChI is InChI=1S/C19H18O4/c20-15-6-9-17(19(22)11-15)18(21)10-5-13-3-7-16(8-4-13)23-12-14-1-2-14/h3-11,14,20,22H,1-2,12H2/b10-5+. The Balaban J connectivity index is 1.63. The van der Waals surface area contributed by atoms with E-state index in [9.17, 15) is 15.0 Å². The average Bonchev–Trinajstić information content (AvgIpc) is 3.36. The van der Waals surface area contributed by atoms with Crippen LogP contribution in [0.25, 0.3) is 6.08 Å². The molecule has 118 valence electrons. The van der Waals surface area contributed by atoms with Crippen LogP contribution in [0.3, 0.4) is 0 Å². The lowest BCUT2D eigenvalue weighted by Gasteiger charge is -2.05. The van der Waals surface area contributed by atoms with E-state index in [0.717, 1.165) is 24.0 Å². The van der Waals surface area contributed by atoms with Crippen LogP contribution < -0.4 is 4.74 Å². The molecule has 0 radical (unpaired) electrons. The monoisotopic (exact) mass is 310 g/mol. The molecule has 23 heavy (non-hydrogen) atoms. The lowest BCUT2D eigenvalue weighted by Crippen LogP contribution is -1.98. The van der Waals surface area contributed by atoms with Gasteiger partial charge in [-0.25, -0.2) is 0 Å². The van der Waals surface area contributed by atoms with Crippen LogP contribution in [0.1, 0.15) is 28.8 Å². The van der Waals surface area contributed by atoms with E-state index in [1.165, 1.54) is 31.1 Å². The van der Waals surface area contributed by atoms with Gasteiger partial charge >= 0.3 is 0 Å². The molecule has 2 aromatic rings.